The van der Waals surface area contributed by atoms with Crippen LogP contribution in [0.15, 0.2) is 0 Å². The van der Waals surface area contributed by atoms with Gasteiger partial charge in [0, 0.05) is 12.6 Å². The zero-order valence-electron chi connectivity index (χ0n) is 11.9. The van der Waals surface area contributed by atoms with Gasteiger partial charge in [0.25, 0.3) is 0 Å². The summed E-state index contributed by atoms with van der Waals surface area (Å²) in [5.41, 5.74) is -0.0441. The summed E-state index contributed by atoms with van der Waals surface area (Å²) in [5.74, 6) is 0. The lowest BCUT2D eigenvalue weighted by Crippen LogP contribution is -2.37. The van der Waals surface area contributed by atoms with Crippen molar-refractivity contribution in [2.45, 2.75) is 71.1 Å². The van der Waals surface area contributed by atoms with E-state index < -0.39 is 0 Å². The second-order valence-corrected chi connectivity index (χ2v) is 5.89. The first-order valence-electron chi connectivity index (χ1n) is 7.00. The van der Waals surface area contributed by atoms with Crippen LogP contribution in [-0.4, -0.2) is 37.5 Å². The van der Waals surface area contributed by atoms with E-state index in [-0.39, 0.29) is 5.60 Å². The molecule has 0 aromatic rings. The number of likely N-dealkylation sites (N-methyl/N-ethyl adjacent to an activating group) is 1. The molecule has 1 N–H and O–H groups in total. The number of rotatable bonds is 7. The van der Waals surface area contributed by atoms with Crippen molar-refractivity contribution in [3.63, 3.8) is 0 Å². The van der Waals surface area contributed by atoms with Crippen molar-refractivity contribution < 1.29 is 9.47 Å². The number of hydrogen-bond donors (Lipinski definition) is 1. The van der Waals surface area contributed by atoms with Crippen LogP contribution < -0.4 is 5.32 Å². The van der Waals surface area contributed by atoms with Crippen molar-refractivity contribution >= 4 is 0 Å². The molecule has 0 aromatic carbocycles. The highest BCUT2D eigenvalue weighted by Gasteiger charge is 2.19. The van der Waals surface area contributed by atoms with Gasteiger partial charge in [-0.25, -0.2) is 0 Å². The predicted octanol–water partition coefficient (Wildman–Crippen LogP) is 2.74. The predicted molar refractivity (Wildman–Crippen MR) is 71.4 cm³/mol. The van der Waals surface area contributed by atoms with Crippen LogP contribution in [0.25, 0.3) is 0 Å². The van der Waals surface area contributed by atoms with E-state index in [1.54, 1.807) is 0 Å². The molecule has 1 aliphatic heterocycles. The second-order valence-electron chi connectivity index (χ2n) is 5.89. The third-order valence-corrected chi connectivity index (χ3v) is 3.07. The van der Waals surface area contributed by atoms with Gasteiger partial charge in [-0.15, -0.1) is 0 Å². The summed E-state index contributed by atoms with van der Waals surface area (Å²) < 4.78 is 11.5. The van der Waals surface area contributed by atoms with Crippen LogP contribution in [0.3, 0.4) is 0 Å². The minimum atomic E-state index is -0.0441. The Morgan fingerprint density at radius 3 is 2.71 bits per heavy atom. The molecule has 0 radical (unpaired) electrons. The van der Waals surface area contributed by atoms with Crippen molar-refractivity contribution in [1.82, 2.24) is 5.32 Å². The minimum Gasteiger partial charge on any atom is -0.378 e. The fourth-order valence-corrected chi connectivity index (χ4v) is 2.14. The van der Waals surface area contributed by atoms with E-state index in [2.05, 4.69) is 33.0 Å². The quantitative estimate of drug-likeness (QED) is 0.746. The van der Waals surface area contributed by atoms with Crippen molar-refractivity contribution in [3.05, 3.63) is 0 Å². The fraction of sp³-hybridized carbons (Fsp3) is 1.00. The van der Waals surface area contributed by atoms with Crippen LogP contribution in [0.1, 0.15) is 53.4 Å². The molecule has 0 aliphatic carbocycles. The Morgan fingerprint density at radius 1 is 1.41 bits per heavy atom. The molecule has 0 bridgehead atoms. The van der Waals surface area contributed by atoms with Gasteiger partial charge in [0.2, 0.25) is 0 Å². The highest BCUT2D eigenvalue weighted by Crippen LogP contribution is 2.18. The van der Waals surface area contributed by atoms with Crippen LogP contribution in [0.2, 0.25) is 0 Å². The molecule has 102 valence electrons. The van der Waals surface area contributed by atoms with Gasteiger partial charge in [0.1, 0.15) is 0 Å². The third-order valence-electron chi connectivity index (χ3n) is 3.07. The SMILES string of the molecule is CCNC(CCC1CCCO1)COC(C)(C)C. The lowest BCUT2D eigenvalue weighted by Gasteiger charge is -2.25. The van der Waals surface area contributed by atoms with Crippen molar-refractivity contribution in [1.29, 1.82) is 0 Å². The molecule has 3 nitrogen and oxygen atoms in total. The molecule has 1 heterocycles. The fourth-order valence-electron chi connectivity index (χ4n) is 2.14. The van der Waals surface area contributed by atoms with Gasteiger partial charge >= 0.3 is 0 Å². The van der Waals surface area contributed by atoms with E-state index in [1.165, 1.54) is 12.8 Å². The molecule has 0 spiro atoms. The summed E-state index contributed by atoms with van der Waals surface area (Å²) in [6.45, 7) is 11.2. The standard InChI is InChI=1S/C14H29NO2/c1-5-15-12(11-17-14(2,3)4)8-9-13-7-6-10-16-13/h12-13,15H,5-11H2,1-4H3. The lowest BCUT2D eigenvalue weighted by molar-refractivity contribution is -0.0171. The maximum absolute atomic E-state index is 5.86. The first kappa shape index (κ1) is 14.9. The molecule has 1 saturated heterocycles. The molecule has 1 aliphatic rings. The summed E-state index contributed by atoms with van der Waals surface area (Å²) in [5, 5.41) is 3.50. The number of hydrogen-bond acceptors (Lipinski definition) is 3. The molecule has 1 rings (SSSR count). The summed E-state index contributed by atoms with van der Waals surface area (Å²) in [6.07, 6.45) is 5.26. The van der Waals surface area contributed by atoms with Gasteiger partial charge in [-0.1, -0.05) is 6.92 Å². The Kier molecular flexibility index (Phi) is 6.45. The van der Waals surface area contributed by atoms with Gasteiger partial charge in [-0.05, 0) is 53.0 Å². The second kappa shape index (κ2) is 7.34. The van der Waals surface area contributed by atoms with E-state index in [4.69, 9.17) is 9.47 Å². The van der Waals surface area contributed by atoms with E-state index >= 15 is 0 Å². The summed E-state index contributed by atoms with van der Waals surface area (Å²) >= 11 is 0. The molecule has 0 saturated carbocycles. The van der Waals surface area contributed by atoms with Gasteiger partial charge in [-0.3, -0.25) is 0 Å². The zero-order valence-corrected chi connectivity index (χ0v) is 11.9. The molecular weight excluding hydrogens is 214 g/mol. The Morgan fingerprint density at radius 2 is 2.18 bits per heavy atom. The number of nitrogens with one attached hydrogen (secondary N) is 1. The van der Waals surface area contributed by atoms with Crippen LogP contribution >= 0.6 is 0 Å². The lowest BCUT2D eigenvalue weighted by atomic mass is 10.1. The Labute approximate surface area is 106 Å². The first-order chi connectivity index (χ1) is 8.01. The summed E-state index contributed by atoms with van der Waals surface area (Å²) in [7, 11) is 0. The maximum Gasteiger partial charge on any atom is 0.0626 e. The van der Waals surface area contributed by atoms with Gasteiger partial charge < -0.3 is 14.8 Å². The van der Waals surface area contributed by atoms with E-state index in [1.807, 2.05) is 0 Å². The van der Waals surface area contributed by atoms with Crippen molar-refractivity contribution in [2.24, 2.45) is 0 Å². The first-order valence-corrected chi connectivity index (χ1v) is 7.00. The molecule has 17 heavy (non-hydrogen) atoms. The molecule has 1 fully saturated rings. The molecule has 2 atom stereocenters. The average Bonchev–Trinajstić information content (AvgIpc) is 2.74. The van der Waals surface area contributed by atoms with Crippen LogP contribution in [0, 0.1) is 0 Å². The third kappa shape index (κ3) is 7.02. The van der Waals surface area contributed by atoms with Crippen LogP contribution in [0.4, 0.5) is 0 Å². The van der Waals surface area contributed by atoms with E-state index in [9.17, 15) is 0 Å². The Bertz CT molecular complexity index is 195. The molecule has 2 unspecified atom stereocenters. The van der Waals surface area contributed by atoms with Crippen LogP contribution in [-0.2, 0) is 9.47 Å². The number of ether oxygens (including phenoxy) is 2. The van der Waals surface area contributed by atoms with Gasteiger partial charge in [0.05, 0.1) is 18.3 Å². The van der Waals surface area contributed by atoms with Gasteiger partial charge in [0.15, 0.2) is 0 Å². The highest BCUT2D eigenvalue weighted by molar-refractivity contribution is 4.73. The van der Waals surface area contributed by atoms with Crippen molar-refractivity contribution in [2.75, 3.05) is 19.8 Å². The maximum atomic E-state index is 5.86. The molecule has 3 heteroatoms. The average molecular weight is 243 g/mol. The summed E-state index contributed by atoms with van der Waals surface area (Å²) in [6, 6.07) is 0.462. The van der Waals surface area contributed by atoms with E-state index in [0.717, 1.165) is 32.6 Å². The Hall–Kier alpha value is -0.120. The largest absolute Gasteiger partial charge is 0.378 e. The molecular formula is C14H29NO2. The topological polar surface area (TPSA) is 30.5 Å². The monoisotopic (exact) mass is 243 g/mol. The normalized spacial score (nSPS) is 22.9. The van der Waals surface area contributed by atoms with Crippen LogP contribution in [0.5, 0.6) is 0 Å². The summed E-state index contributed by atoms with van der Waals surface area (Å²) in [4.78, 5) is 0. The van der Waals surface area contributed by atoms with E-state index in [0.29, 0.717) is 12.1 Å². The highest BCUT2D eigenvalue weighted by atomic mass is 16.5. The molecule has 0 amide bonds. The zero-order chi connectivity index (χ0) is 12.7. The minimum absolute atomic E-state index is 0.0441. The smallest absolute Gasteiger partial charge is 0.0626 e. The Balaban J connectivity index is 2.21. The molecule has 0 aromatic heterocycles. The van der Waals surface area contributed by atoms with Crippen molar-refractivity contribution in [3.8, 4) is 0 Å². The van der Waals surface area contributed by atoms with Gasteiger partial charge in [-0.2, -0.15) is 0 Å².